The summed E-state index contributed by atoms with van der Waals surface area (Å²) < 4.78 is 13.4. The summed E-state index contributed by atoms with van der Waals surface area (Å²) in [5, 5.41) is 0. The standard InChI is InChI=1S/C23H24FN3/c24-21-5-3-4-19(14-21)15-22-8-7-20(16-26-22)23-6-1-2-13-27(23)17-18-9-11-25-12-10-18/h3-5,7-12,14,16,23H,1-2,6,13,15,17H2/t23-/m0/s1. The lowest BCUT2D eigenvalue weighted by atomic mass is 9.95. The highest BCUT2D eigenvalue weighted by molar-refractivity contribution is 5.25. The molecule has 0 saturated carbocycles. The predicted octanol–water partition coefficient (Wildman–Crippen LogP) is 4.93. The van der Waals surface area contributed by atoms with Gasteiger partial charge in [0.25, 0.3) is 0 Å². The summed E-state index contributed by atoms with van der Waals surface area (Å²) in [5.41, 5.74) is 4.49. The minimum absolute atomic E-state index is 0.196. The van der Waals surface area contributed by atoms with Crippen molar-refractivity contribution in [3.63, 3.8) is 0 Å². The number of hydrogen-bond acceptors (Lipinski definition) is 3. The van der Waals surface area contributed by atoms with Crippen molar-refractivity contribution in [3.05, 3.63) is 95.3 Å². The van der Waals surface area contributed by atoms with Gasteiger partial charge in [0.2, 0.25) is 0 Å². The Morgan fingerprint density at radius 1 is 1.00 bits per heavy atom. The molecule has 0 spiro atoms. The first-order chi connectivity index (χ1) is 13.3. The highest BCUT2D eigenvalue weighted by Gasteiger charge is 2.24. The van der Waals surface area contributed by atoms with E-state index in [-0.39, 0.29) is 5.82 Å². The molecule has 0 N–H and O–H groups in total. The molecule has 138 valence electrons. The Labute approximate surface area is 159 Å². The number of benzene rings is 1. The van der Waals surface area contributed by atoms with E-state index in [9.17, 15) is 4.39 Å². The second-order valence-electron chi connectivity index (χ2n) is 7.23. The molecule has 4 heteroatoms. The van der Waals surface area contributed by atoms with Gasteiger partial charge < -0.3 is 0 Å². The molecule has 27 heavy (non-hydrogen) atoms. The van der Waals surface area contributed by atoms with Crippen molar-refractivity contribution in [1.82, 2.24) is 14.9 Å². The Morgan fingerprint density at radius 3 is 2.67 bits per heavy atom. The normalized spacial score (nSPS) is 17.7. The Hall–Kier alpha value is -2.59. The summed E-state index contributed by atoms with van der Waals surface area (Å²) >= 11 is 0. The molecular formula is C23H24FN3. The van der Waals surface area contributed by atoms with Crippen LogP contribution in [0.4, 0.5) is 4.39 Å². The molecule has 1 aliphatic rings. The molecule has 0 unspecified atom stereocenters. The number of pyridine rings is 2. The van der Waals surface area contributed by atoms with Crippen LogP contribution in [0, 0.1) is 5.82 Å². The largest absolute Gasteiger partial charge is 0.292 e. The highest BCUT2D eigenvalue weighted by Crippen LogP contribution is 2.31. The van der Waals surface area contributed by atoms with Crippen molar-refractivity contribution in [1.29, 1.82) is 0 Å². The molecule has 3 heterocycles. The van der Waals surface area contributed by atoms with E-state index in [0.29, 0.717) is 12.5 Å². The van der Waals surface area contributed by atoms with Gasteiger partial charge in [-0.3, -0.25) is 14.9 Å². The van der Waals surface area contributed by atoms with Crippen LogP contribution in [0.25, 0.3) is 0 Å². The molecule has 0 bridgehead atoms. The van der Waals surface area contributed by atoms with Gasteiger partial charge in [0, 0.05) is 43.3 Å². The summed E-state index contributed by atoms with van der Waals surface area (Å²) in [6.45, 7) is 2.05. The molecule has 4 rings (SSSR count). The van der Waals surface area contributed by atoms with Gasteiger partial charge in [-0.25, -0.2) is 4.39 Å². The monoisotopic (exact) mass is 361 g/mol. The van der Waals surface area contributed by atoms with Crippen molar-refractivity contribution >= 4 is 0 Å². The van der Waals surface area contributed by atoms with Crippen LogP contribution >= 0.6 is 0 Å². The van der Waals surface area contributed by atoms with E-state index < -0.39 is 0 Å². The van der Waals surface area contributed by atoms with Crippen LogP contribution in [0.15, 0.2) is 67.1 Å². The lowest BCUT2D eigenvalue weighted by Gasteiger charge is -2.36. The summed E-state index contributed by atoms with van der Waals surface area (Å²) in [6.07, 6.45) is 10.0. The van der Waals surface area contributed by atoms with Crippen LogP contribution in [-0.2, 0) is 13.0 Å². The third kappa shape index (κ3) is 4.58. The lowest BCUT2D eigenvalue weighted by Crippen LogP contribution is -2.33. The molecule has 3 aromatic rings. The zero-order chi connectivity index (χ0) is 18.5. The van der Waals surface area contributed by atoms with Gasteiger partial charge in [-0.05, 0) is 66.4 Å². The number of nitrogens with zero attached hydrogens (tertiary/aromatic N) is 3. The molecule has 1 aliphatic heterocycles. The Morgan fingerprint density at radius 2 is 1.89 bits per heavy atom. The van der Waals surface area contributed by atoms with E-state index in [1.54, 1.807) is 12.1 Å². The van der Waals surface area contributed by atoms with Gasteiger partial charge in [-0.1, -0.05) is 24.6 Å². The van der Waals surface area contributed by atoms with E-state index in [2.05, 4.69) is 39.1 Å². The Bertz CT molecular complexity index is 864. The zero-order valence-electron chi connectivity index (χ0n) is 15.4. The molecule has 0 aliphatic carbocycles. The second-order valence-corrected chi connectivity index (χ2v) is 7.23. The zero-order valence-corrected chi connectivity index (χ0v) is 15.4. The van der Waals surface area contributed by atoms with Crippen LogP contribution in [-0.4, -0.2) is 21.4 Å². The fourth-order valence-corrected chi connectivity index (χ4v) is 3.87. The number of piperidine rings is 1. The SMILES string of the molecule is Fc1cccc(Cc2ccc([C@@H]3CCCCN3Cc3ccncc3)cn2)c1. The van der Waals surface area contributed by atoms with Crippen LogP contribution in [0.3, 0.4) is 0 Å². The molecule has 2 aromatic heterocycles. The molecule has 1 saturated heterocycles. The van der Waals surface area contributed by atoms with Gasteiger partial charge in [0.05, 0.1) is 0 Å². The number of aromatic nitrogens is 2. The maximum absolute atomic E-state index is 13.4. The van der Waals surface area contributed by atoms with Crippen molar-refractivity contribution < 1.29 is 4.39 Å². The summed E-state index contributed by atoms with van der Waals surface area (Å²) in [5.74, 6) is -0.196. The Kier molecular flexibility index (Phi) is 5.54. The smallest absolute Gasteiger partial charge is 0.123 e. The van der Waals surface area contributed by atoms with Crippen LogP contribution in [0.1, 0.15) is 47.7 Å². The quantitative estimate of drug-likeness (QED) is 0.645. The van der Waals surface area contributed by atoms with E-state index in [4.69, 9.17) is 0 Å². The minimum atomic E-state index is -0.196. The fourth-order valence-electron chi connectivity index (χ4n) is 3.87. The number of hydrogen-bond donors (Lipinski definition) is 0. The van der Waals surface area contributed by atoms with Crippen LogP contribution in [0.2, 0.25) is 0 Å². The van der Waals surface area contributed by atoms with Gasteiger partial charge in [0.1, 0.15) is 5.82 Å². The van der Waals surface area contributed by atoms with E-state index in [1.807, 2.05) is 24.7 Å². The number of halogens is 1. The van der Waals surface area contributed by atoms with Crippen LogP contribution < -0.4 is 0 Å². The first kappa shape index (κ1) is 17.8. The van der Waals surface area contributed by atoms with Gasteiger partial charge in [-0.2, -0.15) is 0 Å². The van der Waals surface area contributed by atoms with Crippen molar-refractivity contribution in [3.8, 4) is 0 Å². The molecular weight excluding hydrogens is 337 g/mol. The number of rotatable bonds is 5. The third-order valence-electron chi connectivity index (χ3n) is 5.26. The first-order valence-corrected chi connectivity index (χ1v) is 9.60. The van der Waals surface area contributed by atoms with Gasteiger partial charge in [-0.15, -0.1) is 0 Å². The molecule has 0 radical (unpaired) electrons. The van der Waals surface area contributed by atoms with Crippen molar-refractivity contribution in [2.24, 2.45) is 0 Å². The highest BCUT2D eigenvalue weighted by atomic mass is 19.1. The van der Waals surface area contributed by atoms with Crippen LogP contribution in [0.5, 0.6) is 0 Å². The Balaban J connectivity index is 1.47. The predicted molar refractivity (Wildman–Crippen MR) is 105 cm³/mol. The molecule has 0 amide bonds. The van der Waals surface area contributed by atoms with E-state index in [1.165, 1.54) is 30.0 Å². The topological polar surface area (TPSA) is 29.0 Å². The van der Waals surface area contributed by atoms with E-state index >= 15 is 0 Å². The molecule has 1 fully saturated rings. The average molecular weight is 361 g/mol. The molecule has 1 aromatic carbocycles. The summed E-state index contributed by atoms with van der Waals surface area (Å²) in [4.78, 5) is 11.3. The van der Waals surface area contributed by atoms with E-state index in [0.717, 1.165) is 30.8 Å². The molecule has 1 atom stereocenters. The summed E-state index contributed by atoms with van der Waals surface area (Å²) in [7, 11) is 0. The van der Waals surface area contributed by atoms with Gasteiger partial charge >= 0.3 is 0 Å². The average Bonchev–Trinajstić information content (AvgIpc) is 2.70. The summed E-state index contributed by atoms with van der Waals surface area (Å²) in [6, 6.07) is 15.6. The maximum Gasteiger partial charge on any atom is 0.123 e. The third-order valence-corrected chi connectivity index (χ3v) is 5.26. The maximum atomic E-state index is 13.4. The first-order valence-electron chi connectivity index (χ1n) is 9.60. The minimum Gasteiger partial charge on any atom is -0.292 e. The second kappa shape index (κ2) is 8.40. The van der Waals surface area contributed by atoms with Crippen molar-refractivity contribution in [2.45, 2.75) is 38.3 Å². The lowest BCUT2D eigenvalue weighted by molar-refractivity contribution is 0.140. The number of likely N-dealkylation sites (tertiary alicyclic amines) is 1. The van der Waals surface area contributed by atoms with Gasteiger partial charge in [0.15, 0.2) is 0 Å². The van der Waals surface area contributed by atoms with Crippen molar-refractivity contribution in [2.75, 3.05) is 6.54 Å². The fraction of sp³-hybridized carbons (Fsp3) is 0.304. The molecule has 3 nitrogen and oxygen atoms in total.